The van der Waals surface area contributed by atoms with Crippen LogP contribution < -0.4 is 5.32 Å². The highest BCUT2D eigenvalue weighted by Gasteiger charge is 2.32. The van der Waals surface area contributed by atoms with E-state index in [4.69, 9.17) is 4.74 Å². The van der Waals surface area contributed by atoms with Crippen LogP contribution in [-0.2, 0) is 18.2 Å². The number of hydrogen-bond donors (Lipinski definition) is 1. The SMILES string of the molecule is CCNCC1(Cc2ccn(C)n2)CCOCC1. The topological polar surface area (TPSA) is 39.1 Å². The first-order valence-electron chi connectivity index (χ1n) is 6.51. The minimum Gasteiger partial charge on any atom is -0.381 e. The maximum Gasteiger partial charge on any atom is 0.0630 e. The molecule has 1 N–H and O–H groups in total. The Morgan fingerprint density at radius 3 is 2.82 bits per heavy atom. The summed E-state index contributed by atoms with van der Waals surface area (Å²) in [6.45, 7) is 6.04. The largest absolute Gasteiger partial charge is 0.381 e. The van der Waals surface area contributed by atoms with E-state index >= 15 is 0 Å². The summed E-state index contributed by atoms with van der Waals surface area (Å²) in [5.74, 6) is 0. The Morgan fingerprint density at radius 1 is 1.47 bits per heavy atom. The Hall–Kier alpha value is -0.870. The molecule has 1 aromatic rings. The summed E-state index contributed by atoms with van der Waals surface area (Å²) >= 11 is 0. The van der Waals surface area contributed by atoms with Crippen molar-refractivity contribution in [1.82, 2.24) is 15.1 Å². The molecular formula is C13H23N3O. The van der Waals surface area contributed by atoms with Gasteiger partial charge in [-0.05, 0) is 37.3 Å². The number of nitrogens with zero attached hydrogens (tertiary/aromatic N) is 2. The molecule has 0 aliphatic carbocycles. The first-order chi connectivity index (χ1) is 8.24. The van der Waals surface area contributed by atoms with Gasteiger partial charge in [0.05, 0.1) is 5.69 Å². The van der Waals surface area contributed by atoms with Gasteiger partial charge in [0, 0.05) is 33.0 Å². The Bertz CT molecular complexity index is 342. The Balaban J connectivity index is 2.03. The second-order valence-electron chi connectivity index (χ2n) is 5.05. The van der Waals surface area contributed by atoms with Crippen LogP contribution in [-0.4, -0.2) is 36.1 Å². The van der Waals surface area contributed by atoms with Crippen LogP contribution in [0.4, 0.5) is 0 Å². The predicted molar refractivity (Wildman–Crippen MR) is 67.9 cm³/mol. The second kappa shape index (κ2) is 5.65. The van der Waals surface area contributed by atoms with Gasteiger partial charge in [0.15, 0.2) is 0 Å². The van der Waals surface area contributed by atoms with E-state index in [0.717, 1.165) is 45.6 Å². The molecule has 2 heterocycles. The highest BCUT2D eigenvalue weighted by Crippen LogP contribution is 2.33. The quantitative estimate of drug-likeness (QED) is 0.840. The Kier molecular flexibility index (Phi) is 4.18. The molecule has 1 aliphatic rings. The van der Waals surface area contributed by atoms with E-state index in [9.17, 15) is 0 Å². The van der Waals surface area contributed by atoms with Gasteiger partial charge >= 0.3 is 0 Å². The van der Waals surface area contributed by atoms with Crippen molar-refractivity contribution < 1.29 is 4.74 Å². The van der Waals surface area contributed by atoms with Crippen molar-refractivity contribution in [3.05, 3.63) is 18.0 Å². The molecule has 2 rings (SSSR count). The minimum atomic E-state index is 0.336. The molecule has 17 heavy (non-hydrogen) atoms. The van der Waals surface area contributed by atoms with Gasteiger partial charge in [0.25, 0.3) is 0 Å². The maximum atomic E-state index is 5.49. The molecule has 0 unspecified atom stereocenters. The molecule has 1 aliphatic heterocycles. The fraction of sp³-hybridized carbons (Fsp3) is 0.769. The summed E-state index contributed by atoms with van der Waals surface area (Å²) in [6.07, 6.45) is 5.35. The molecule has 0 spiro atoms. The van der Waals surface area contributed by atoms with E-state index in [1.807, 2.05) is 17.9 Å². The number of ether oxygens (including phenoxy) is 1. The van der Waals surface area contributed by atoms with Crippen LogP contribution in [0, 0.1) is 5.41 Å². The van der Waals surface area contributed by atoms with Gasteiger partial charge in [-0.15, -0.1) is 0 Å². The molecule has 0 radical (unpaired) electrons. The predicted octanol–water partition coefficient (Wildman–Crippen LogP) is 1.37. The third-order valence-corrected chi connectivity index (χ3v) is 3.63. The van der Waals surface area contributed by atoms with Gasteiger partial charge in [-0.1, -0.05) is 6.92 Å². The Morgan fingerprint density at radius 2 is 2.24 bits per heavy atom. The molecule has 4 heteroatoms. The lowest BCUT2D eigenvalue weighted by molar-refractivity contribution is 0.0147. The van der Waals surface area contributed by atoms with Crippen molar-refractivity contribution in [2.24, 2.45) is 12.5 Å². The molecule has 0 saturated carbocycles. The zero-order valence-electron chi connectivity index (χ0n) is 10.9. The summed E-state index contributed by atoms with van der Waals surface area (Å²) < 4.78 is 7.38. The first kappa shape index (κ1) is 12.6. The van der Waals surface area contributed by atoms with Gasteiger partial charge in [-0.3, -0.25) is 4.68 Å². The smallest absolute Gasteiger partial charge is 0.0630 e. The summed E-state index contributed by atoms with van der Waals surface area (Å²) in [6, 6.07) is 2.13. The summed E-state index contributed by atoms with van der Waals surface area (Å²) in [7, 11) is 1.98. The van der Waals surface area contributed by atoms with Gasteiger partial charge in [0.1, 0.15) is 0 Å². The maximum absolute atomic E-state index is 5.49. The number of aryl methyl sites for hydroxylation is 1. The molecule has 96 valence electrons. The van der Waals surface area contributed by atoms with Crippen molar-refractivity contribution >= 4 is 0 Å². The summed E-state index contributed by atoms with van der Waals surface area (Å²) in [5.41, 5.74) is 1.54. The van der Waals surface area contributed by atoms with Crippen LogP contribution in [0.1, 0.15) is 25.5 Å². The standard InChI is InChI=1S/C13H23N3O/c1-3-14-11-13(5-8-17-9-6-13)10-12-4-7-16(2)15-12/h4,7,14H,3,5-6,8-11H2,1-2H3. The van der Waals surface area contributed by atoms with Crippen LogP contribution in [0.5, 0.6) is 0 Å². The molecular weight excluding hydrogens is 214 g/mol. The number of hydrogen-bond acceptors (Lipinski definition) is 3. The molecule has 0 aromatic carbocycles. The van der Waals surface area contributed by atoms with E-state index in [1.165, 1.54) is 5.69 Å². The van der Waals surface area contributed by atoms with Crippen LogP contribution in [0.2, 0.25) is 0 Å². The van der Waals surface area contributed by atoms with Crippen LogP contribution in [0.15, 0.2) is 12.3 Å². The van der Waals surface area contributed by atoms with Crippen molar-refractivity contribution in [2.75, 3.05) is 26.3 Å². The summed E-state index contributed by atoms with van der Waals surface area (Å²) in [5, 5.41) is 8.00. The van der Waals surface area contributed by atoms with Gasteiger partial charge in [-0.25, -0.2) is 0 Å². The monoisotopic (exact) mass is 237 g/mol. The van der Waals surface area contributed by atoms with Crippen LogP contribution in [0.25, 0.3) is 0 Å². The normalized spacial score (nSPS) is 19.4. The second-order valence-corrected chi connectivity index (χ2v) is 5.05. The molecule has 0 amide bonds. The Labute approximate surface area is 103 Å². The van der Waals surface area contributed by atoms with Crippen molar-refractivity contribution in [3.63, 3.8) is 0 Å². The molecule has 1 saturated heterocycles. The summed E-state index contributed by atoms with van der Waals surface area (Å²) in [4.78, 5) is 0. The van der Waals surface area contributed by atoms with Gasteiger partial charge < -0.3 is 10.1 Å². The van der Waals surface area contributed by atoms with E-state index < -0.39 is 0 Å². The fourth-order valence-corrected chi connectivity index (χ4v) is 2.55. The molecule has 4 nitrogen and oxygen atoms in total. The molecule has 1 fully saturated rings. The van der Waals surface area contributed by atoms with E-state index in [2.05, 4.69) is 23.4 Å². The number of nitrogens with one attached hydrogen (secondary N) is 1. The third kappa shape index (κ3) is 3.30. The fourth-order valence-electron chi connectivity index (χ4n) is 2.55. The average molecular weight is 237 g/mol. The zero-order chi connectivity index (χ0) is 12.1. The zero-order valence-corrected chi connectivity index (χ0v) is 10.9. The van der Waals surface area contributed by atoms with Crippen molar-refractivity contribution in [1.29, 1.82) is 0 Å². The average Bonchev–Trinajstić information content (AvgIpc) is 2.73. The third-order valence-electron chi connectivity index (χ3n) is 3.63. The molecule has 0 atom stereocenters. The lowest BCUT2D eigenvalue weighted by Crippen LogP contribution is -2.41. The van der Waals surface area contributed by atoms with Crippen molar-refractivity contribution in [3.8, 4) is 0 Å². The number of rotatable bonds is 5. The van der Waals surface area contributed by atoms with E-state index in [0.29, 0.717) is 5.41 Å². The highest BCUT2D eigenvalue weighted by molar-refractivity contribution is 5.04. The van der Waals surface area contributed by atoms with E-state index in [1.54, 1.807) is 0 Å². The van der Waals surface area contributed by atoms with E-state index in [-0.39, 0.29) is 0 Å². The highest BCUT2D eigenvalue weighted by atomic mass is 16.5. The van der Waals surface area contributed by atoms with Gasteiger partial charge in [-0.2, -0.15) is 5.10 Å². The van der Waals surface area contributed by atoms with Crippen LogP contribution >= 0.6 is 0 Å². The lowest BCUT2D eigenvalue weighted by atomic mass is 9.76. The van der Waals surface area contributed by atoms with Crippen LogP contribution in [0.3, 0.4) is 0 Å². The lowest BCUT2D eigenvalue weighted by Gasteiger charge is -2.37. The number of aromatic nitrogens is 2. The van der Waals surface area contributed by atoms with Gasteiger partial charge in [0.2, 0.25) is 0 Å². The minimum absolute atomic E-state index is 0.336. The van der Waals surface area contributed by atoms with Crippen molar-refractivity contribution in [2.45, 2.75) is 26.2 Å². The molecule has 1 aromatic heterocycles. The first-order valence-corrected chi connectivity index (χ1v) is 6.51. The molecule has 0 bridgehead atoms.